The Kier molecular flexibility index (Phi) is 9.77. The molecule has 1 saturated heterocycles. The fraction of sp³-hybridized carbons (Fsp3) is 0.345. The number of rotatable bonds is 10. The average molecular weight is 601 g/mol. The molecule has 1 aliphatic rings. The first-order valence-electron chi connectivity index (χ1n) is 12.8. The van der Waals surface area contributed by atoms with Crippen molar-refractivity contribution in [1.29, 1.82) is 0 Å². The van der Waals surface area contributed by atoms with Gasteiger partial charge in [-0.1, -0.05) is 21.6 Å². The zero-order valence-electron chi connectivity index (χ0n) is 22.6. The lowest BCUT2D eigenvalue weighted by atomic mass is 9.86. The van der Waals surface area contributed by atoms with E-state index < -0.39 is 23.9 Å². The molecule has 3 aromatic rings. The minimum atomic E-state index is -0.896. The van der Waals surface area contributed by atoms with Gasteiger partial charge < -0.3 is 23.7 Å². The Labute approximate surface area is 243 Å². The van der Waals surface area contributed by atoms with Gasteiger partial charge in [0.05, 0.1) is 5.39 Å². The summed E-state index contributed by atoms with van der Waals surface area (Å²) in [6, 6.07) is 8.85. The average Bonchev–Trinajstić information content (AvgIpc) is 3.40. The molecule has 2 heterocycles. The number of carbonyl (C=O) groups excluding carboxylic acids is 3. The van der Waals surface area contributed by atoms with Crippen molar-refractivity contribution in [1.82, 2.24) is 0 Å². The maximum atomic E-state index is 13.7. The van der Waals surface area contributed by atoms with Gasteiger partial charge in [-0.2, -0.15) is 0 Å². The van der Waals surface area contributed by atoms with E-state index in [4.69, 9.17) is 18.6 Å². The van der Waals surface area contributed by atoms with Gasteiger partial charge in [0.25, 0.3) is 0 Å². The van der Waals surface area contributed by atoms with Crippen LogP contribution in [0.4, 0.5) is 0 Å². The van der Waals surface area contributed by atoms with Gasteiger partial charge in [-0.25, -0.2) is 0 Å². The van der Waals surface area contributed by atoms with Gasteiger partial charge in [-0.05, 0) is 55.0 Å². The first-order valence-corrected chi connectivity index (χ1v) is 15.2. The molecule has 1 fully saturated rings. The molecule has 10 nitrogen and oxygen atoms in total. The third-order valence-electron chi connectivity index (χ3n) is 6.26. The number of hydrogen-bond donors (Lipinski definition) is 1. The minimum absolute atomic E-state index is 0.00460. The molecule has 2 aromatic carbocycles. The zero-order valence-corrected chi connectivity index (χ0v) is 24.2. The van der Waals surface area contributed by atoms with Crippen molar-refractivity contribution in [2.45, 2.75) is 57.6 Å². The van der Waals surface area contributed by atoms with E-state index in [-0.39, 0.29) is 51.6 Å². The highest BCUT2D eigenvalue weighted by atomic mass is 33.1. The molecule has 0 amide bonds. The van der Waals surface area contributed by atoms with Crippen LogP contribution in [0.2, 0.25) is 0 Å². The summed E-state index contributed by atoms with van der Waals surface area (Å²) >= 11 is 0. The zero-order chi connectivity index (χ0) is 29.7. The number of carboxylic acid groups (broad SMARTS) is 1. The largest absolute Gasteiger partial charge is 0.481 e. The topological polar surface area (TPSA) is 146 Å². The van der Waals surface area contributed by atoms with Crippen molar-refractivity contribution in [3.8, 4) is 28.6 Å². The van der Waals surface area contributed by atoms with Gasteiger partial charge in [0.15, 0.2) is 16.9 Å². The quantitative estimate of drug-likeness (QED) is 0.172. The van der Waals surface area contributed by atoms with Crippen molar-refractivity contribution in [2.75, 3.05) is 5.75 Å². The fourth-order valence-corrected chi connectivity index (χ4v) is 7.91. The van der Waals surface area contributed by atoms with Gasteiger partial charge in [-0.15, -0.1) is 0 Å². The highest BCUT2D eigenvalue weighted by Crippen LogP contribution is 2.48. The van der Waals surface area contributed by atoms with E-state index in [0.29, 0.717) is 29.4 Å². The number of carboxylic acids is 1. The van der Waals surface area contributed by atoms with E-state index in [1.54, 1.807) is 33.7 Å². The van der Waals surface area contributed by atoms with Gasteiger partial charge in [0, 0.05) is 55.9 Å². The normalized spacial score (nSPS) is 15.3. The summed E-state index contributed by atoms with van der Waals surface area (Å²) in [5.41, 5.74) is 0.840. The maximum Gasteiger partial charge on any atom is 0.308 e. The summed E-state index contributed by atoms with van der Waals surface area (Å²) in [6.45, 7) is 3.68. The van der Waals surface area contributed by atoms with Crippen molar-refractivity contribution in [3.05, 3.63) is 52.2 Å². The van der Waals surface area contributed by atoms with Gasteiger partial charge in [0.1, 0.15) is 17.1 Å². The lowest BCUT2D eigenvalue weighted by molar-refractivity contribution is -0.137. The number of fused-ring (bicyclic) bond motifs is 1. The number of benzene rings is 2. The Morgan fingerprint density at radius 2 is 1.68 bits per heavy atom. The Bertz CT molecular complexity index is 1560. The van der Waals surface area contributed by atoms with Crippen LogP contribution < -0.4 is 19.6 Å². The molecule has 12 heteroatoms. The van der Waals surface area contributed by atoms with Crippen LogP contribution in [0.1, 0.15) is 57.9 Å². The number of esters is 3. The Balaban J connectivity index is 1.87. The summed E-state index contributed by atoms with van der Waals surface area (Å²) < 4.78 is 21.9. The molecule has 216 valence electrons. The van der Waals surface area contributed by atoms with Gasteiger partial charge >= 0.3 is 23.9 Å². The highest BCUT2D eigenvalue weighted by Gasteiger charge is 2.31. The van der Waals surface area contributed by atoms with Gasteiger partial charge in [-0.3, -0.25) is 24.0 Å². The van der Waals surface area contributed by atoms with E-state index in [0.717, 1.165) is 12.2 Å². The van der Waals surface area contributed by atoms with Crippen LogP contribution in [0.15, 0.2) is 45.6 Å². The molecule has 1 aliphatic heterocycles. The first-order chi connectivity index (χ1) is 19.5. The van der Waals surface area contributed by atoms with E-state index in [1.165, 1.54) is 45.0 Å². The number of hydrogen-bond acceptors (Lipinski definition) is 11. The van der Waals surface area contributed by atoms with Crippen molar-refractivity contribution in [2.24, 2.45) is 0 Å². The van der Waals surface area contributed by atoms with Crippen LogP contribution in [-0.2, 0) is 19.2 Å². The van der Waals surface area contributed by atoms with E-state index in [9.17, 15) is 29.1 Å². The van der Waals surface area contributed by atoms with Crippen LogP contribution in [0.25, 0.3) is 22.3 Å². The first kappa shape index (κ1) is 30.2. The summed E-state index contributed by atoms with van der Waals surface area (Å²) in [4.78, 5) is 59.9. The molecule has 0 saturated carbocycles. The predicted molar refractivity (Wildman–Crippen MR) is 155 cm³/mol. The Morgan fingerprint density at radius 1 is 0.976 bits per heavy atom. The second-order valence-electron chi connectivity index (χ2n) is 9.44. The molecule has 41 heavy (non-hydrogen) atoms. The predicted octanol–water partition coefficient (Wildman–Crippen LogP) is 5.73. The number of aliphatic carboxylic acids is 1. The summed E-state index contributed by atoms with van der Waals surface area (Å²) in [6.07, 6.45) is 1.81. The monoisotopic (exact) mass is 600 g/mol. The standard InChI is InChI=1S/C29H28O10S2/c1-15(30)36-19-12-21(20(5-4-6-28(34)35)27-9-10-40-41-27)29-22(33)14-24(39-26(29)13-19)18-7-8-23(37-16(2)31)25(11-18)38-17(3)32/h7-8,11-14,20,27H,4-6,9-10H2,1-3H3,(H,34,35). The molecule has 4 rings (SSSR count). The molecular formula is C29H28O10S2. The lowest BCUT2D eigenvalue weighted by Crippen LogP contribution is -2.17. The number of carbonyl (C=O) groups is 4. The van der Waals surface area contributed by atoms with Gasteiger partial charge in [0.2, 0.25) is 0 Å². The molecule has 1 N–H and O–H groups in total. The third-order valence-corrected chi connectivity index (χ3v) is 9.26. The second kappa shape index (κ2) is 13.3. The van der Waals surface area contributed by atoms with Crippen molar-refractivity contribution >= 4 is 56.4 Å². The molecule has 2 unspecified atom stereocenters. The van der Waals surface area contributed by atoms with Crippen LogP contribution in [0.3, 0.4) is 0 Å². The number of ether oxygens (including phenoxy) is 3. The third kappa shape index (κ3) is 7.70. The van der Waals surface area contributed by atoms with Crippen molar-refractivity contribution < 1.29 is 42.9 Å². The molecule has 0 spiro atoms. The van der Waals surface area contributed by atoms with E-state index in [2.05, 4.69) is 0 Å². The fourth-order valence-electron chi connectivity index (χ4n) is 4.72. The van der Waals surface area contributed by atoms with Crippen LogP contribution in [0, 0.1) is 0 Å². The smallest absolute Gasteiger partial charge is 0.308 e. The lowest BCUT2D eigenvalue weighted by Gasteiger charge is -2.24. The Morgan fingerprint density at radius 3 is 2.32 bits per heavy atom. The molecular weight excluding hydrogens is 572 g/mol. The molecule has 2 atom stereocenters. The molecule has 1 aromatic heterocycles. The van der Waals surface area contributed by atoms with E-state index >= 15 is 0 Å². The second-order valence-corrected chi connectivity index (χ2v) is 12.2. The van der Waals surface area contributed by atoms with Crippen LogP contribution in [-0.4, -0.2) is 40.0 Å². The van der Waals surface area contributed by atoms with E-state index in [1.807, 2.05) is 0 Å². The van der Waals surface area contributed by atoms with Crippen molar-refractivity contribution in [3.63, 3.8) is 0 Å². The highest BCUT2D eigenvalue weighted by molar-refractivity contribution is 8.77. The minimum Gasteiger partial charge on any atom is -0.481 e. The SMILES string of the molecule is CC(=O)Oc1cc(C(CCCC(=O)O)C2CCSS2)c2c(=O)cc(-c3ccc(OC(C)=O)c(OC(C)=O)c3)oc2c1. The summed E-state index contributed by atoms with van der Waals surface area (Å²) in [5, 5.41) is 9.65. The molecule has 0 bridgehead atoms. The maximum absolute atomic E-state index is 13.7. The molecule has 0 radical (unpaired) electrons. The Hall–Kier alpha value is -3.77. The van der Waals surface area contributed by atoms with Crippen LogP contribution in [0.5, 0.6) is 17.2 Å². The summed E-state index contributed by atoms with van der Waals surface area (Å²) in [5.74, 6) is -1.60. The van der Waals surface area contributed by atoms with Crippen LogP contribution >= 0.6 is 21.6 Å². The molecule has 0 aliphatic carbocycles. The summed E-state index contributed by atoms with van der Waals surface area (Å²) in [7, 11) is 3.43.